The van der Waals surface area contributed by atoms with Crippen LogP contribution in [-0.2, 0) is 6.54 Å². The van der Waals surface area contributed by atoms with Gasteiger partial charge in [0.1, 0.15) is 10.8 Å². The van der Waals surface area contributed by atoms with Crippen LogP contribution in [0.2, 0.25) is 0 Å². The number of rotatable bonds is 4. The van der Waals surface area contributed by atoms with Crippen molar-refractivity contribution in [3.63, 3.8) is 0 Å². The van der Waals surface area contributed by atoms with Gasteiger partial charge in [-0.05, 0) is 49.6 Å². The van der Waals surface area contributed by atoms with Crippen molar-refractivity contribution in [2.45, 2.75) is 45.2 Å². The van der Waals surface area contributed by atoms with Crippen LogP contribution in [0.1, 0.15) is 43.7 Å². The minimum atomic E-state index is -0.222. The maximum Gasteiger partial charge on any atom is 0.123 e. The molecule has 104 valence electrons. The summed E-state index contributed by atoms with van der Waals surface area (Å²) in [6, 6.07) is 5.27. The first kappa shape index (κ1) is 14.4. The Balaban J connectivity index is 2.21. The fraction of sp³-hybridized carbons (Fsp3) is 0.533. The molecule has 2 rings (SSSR count). The molecule has 0 aliphatic carbocycles. The number of thiocarbonyl (C=S) groups is 1. The molecular formula is C15H21FN2S. The van der Waals surface area contributed by atoms with Gasteiger partial charge < -0.3 is 5.73 Å². The molecule has 1 saturated heterocycles. The number of nitrogens with two attached hydrogens (primary N) is 1. The van der Waals surface area contributed by atoms with Gasteiger partial charge in [0, 0.05) is 18.2 Å². The number of benzene rings is 1. The van der Waals surface area contributed by atoms with Gasteiger partial charge in [-0.1, -0.05) is 25.6 Å². The van der Waals surface area contributed by atoms with Gasteiger partial charge in [0.05, 0.1) is 0 Å². The highest BCUT2D eigenvalue weighted by Gasteiger charge is 2.22. The Morgan fingerprint density at radius 3 is 2.95 bits per heavy atom. The molecule has 0 saturated carbocycles. The lowest BCUT2D eigenvalue weighted by atomic mass is 9.98. The maximum absolute atomic E-state index is 13.4. The minimum absolute atomic E-state index is 0.222. The van der Waals surface area contributed by atoms with Crippen LogP contribution in [-0.4, -0.2) is 22.5 Å². The summed E-state index contributed by atoms with van der Waals surface area (Å²) in [5.74, 6) is -0.222. The Morgan fingerprint density at radius 1 is 1.47 bits per heavy atom. The van der Waals surface area contributed by atoms with E-state index in [0.717, 1.165) is 30.6 Å². The molecule has 2 N–H and O–H groups in total. The van der Waals surface area contributed by atoms with Crippen molar-refractivity contribution < 1.29 is 4.39 Å². The Morgan fingerprint density at radius 2 is 2.26 bits per heavy atom. The fourth-order valence-corrected chi connectivity index (χ4v) is 3.08. The lowest BCUT2D eigenvalue weighted by Gasteiger charge is -2.35. The molecule has 1 aliphatic heterocycles. The smallest absolute Gasteiger partial charge is 0.123 e. The third-order valence-electron chi connectivity index (χ3n) is 3.93. The summed E-state index contributed by atoms with van der Waals surface area (Å²) in [4.78, 5) is 2.78. The van der Waals surface area contributed by atoms with E-state index in [1.54, 1.807) is 12.1 Å². The topological polar surface area (TPSA) is 29.3 Å². The highest BCUT2D eigenvalue weighted by atomic mass is 32.1. The molecule has 0 amide bonds. The zero-order valence-electron chi connectivity index (χ0n) is 11.4. The Hall–Kier alpha value is -1.00. The van der Waals surface area contributed by atoms with Crippen molar-refractivity contribution in [1.29, 1.82) is 0 Å². The van der Waals surface area contributed by atoms with Crippen molar-refractivity contribution in [2.75, 3.05) is 6.54 Å². The van der Waals surface area contributed by atoms with Crippen LogP contribution in [0, 0.1) is 5.82 Å². The standard InChI is InChI=1S/C15H21FN2S/c1-2-13-5-3-4-8-18(13)10-11-9-12(16)6-7-14(11)15(17)19/h6-7,9,13H,2-5,8,10H2,1H3,(H2,17,19). The molecule has 1 aromatic carbocycles. The number of halogens is 1. The Bertz CT molecular complexity index is 461. The van der Waals surface area contributed by atoms with E-state index in [-0.39, 0.29) is 5.82 Å². The monoisotopic (exact) mass is 280 g/mol. The second kappa shape index (κ2) is 6.44. The maximum atomic E-state index is 13.4. The van der Waals surface area contributed by atoms with E-state index >= 15 is 0 Å². The molecule has 1 unspecified atom stereocenters. The summed E-state index contributed by atoms with van der Waals surface area (Å²) >= 11 is 5.06. The summed E-state index contributed by atoms with van der Waals surface area (Å²) in [6.45, 7) is 4.03. The van der Waals surface area contributed by atoms with Gasteiger partial charge in [0.25, 0.3) is 0 Å². The molecule has 4 heteroatoms. The second-order valence-electron chi connectivity index (χ2n) is 5.19. The van der Waals surface area contributed by atoms with Crippen molar-refractivity contribution in [1.82, 2.24) is 4.90 Å². The quantitative estimate of drug-likeness (QED) is 0.859. The molecule has 0 aromatic heterocycles. The molecule has 19 heavy (non-hydrogen) atoms. The molecule has 1 aromatic rings. The van der Waals surface area contributed by atoms with Crippen LogP contribution in [0.5, 0.6) is 0 Å². The van der Waals surface area contributed by atoms with Crippen molar-refractivity contribution in [3.05, 3.63) is 35.1 Å². The van der Waals surface area contributed by atoms with Crippen LogP contribution in [0.3, 0.4) is 0 Å². The van der Waals surface area contributed by atoms with Gasteiger partial charge in [-0.3, -0.25) is 4.90 Å². The minimum Gasteiger partial charge on any atom is -0.389 e. The highest BCUT2D eigenvalue weighted by Crippen LogP contribution is 2.23. The first-order chi connectivity index (χ1) is 9.11. The van der Waals surface area contributed by atoms with Gasteiger partial charge in [-0.15, -0.1) is 0 Å². The lowest BCUT2D eigenvalue weighted by molar-refractivity contribution is 0.136. The van der Waals surface area contributed by atoms with Crippen LogP contribution < -0.4 is 5.73 Å². The average molecular weight is 280 g/mol. The van der Waals surface area contributed by atoms with E-state index in [0.29, 0.717) is 11.0 Å². The van der Waals surface area contributed by atoms with E-state index < -0.39 is 0 Å². The highest BCUT2D eigenvalue weighted by molar-refractivity contribution is 7.80. The van der Waals surface area contributed by atoms with Gasteiger partial charge in [0.15, 0.2) is 0 Å². The van der Waals surface area contributed by atoms with Crippen LogP contribution >= 0.6 is 12.2 Å². The van der Waals surface area contributed by atoms with Crippen molar-refractivity contribution in [3.8, 4) is 0 Å². The third kappa shape index (κ3) is 3.51. The van der Waals surface area contributed by atoms with Crippen molar-refractivity contribution in [2.24, 2.45) is 5.73 Å². The molecule has 0 bridgehead atoms. The predicted octanol–water partition coefficient (Wildman–Crippen LogP) is 3.22. The van der Waals surface area contributed by atoms with E-state index in [1.165, 1.54) is 25.3 Å². The summed E-state index contributed by atoms with van der Waals surface area (Å²) in [5.41, 5.74) is 7.44. The van der Waals surface area contributed by atoms with Crippen LogP contribution in [0.4, 0.5) is 4.39 Å². The van der Waals surface area contributed by atoms with Gasteiger partial charge in [-0.25, -0.2) is 4.39 Å². The van der Waals surface area contributed by atoms with Gasteiger partial charge in [-0.2, -0.15) is 0 Å². The normalized spacial score (nSPS) is 20.4. The SMILES string of the molecule is CCC1CCCCN1Cc1cc(F)ccc1C(N)=S. The summed E-state index contributed by atoms with van der Waals surface area (Å²) in [7, 11) is 0. The van der Waals surface area contributed by atoms with Gasteiger partial charge >= 0.3 is 0 Å². The molecule has 1 fully saturated rings. The summed E-state index contributed by atoms with van der Waals surface area (Å²) in [6.07, 6.45) is 4.88. The number of piperidine rings is 1. The van der Waals surface area contributed by atoms with Crippen LogP contribution in [0.15, 0.2) is 18.2 Å². The summed E-state index contributed by atoms with van der Waals surface area (Å²) in [5, 5.41) is 0. The number of nitrogens with zero attached hydrogens (tertiary/aromatic N) is 1. The zero-order chi connectivity index (χ0) is 13.8. The molecular weight excluding hydrogens is 259 g/mol. The first-order valence-corrected chi connectivity index (χ1v) is 7.35. The molecule has 2 nitrogen and oxygen atoms in total. The number of hydrogen-bond donors (Lipinski definition) is 1. The second-order valence-corrected chi connectivity index (χ2v) is 5.63. The van der Waals surface area contributed by atoms with Crippen molar-refractivity contribution >= 4 is 17.2 Å². The van der Waals surface area contributed by atoms with E-state index in [4.69, 9.17) is 18.0 Å². The number of likely N-dealkylation sites (tertiary alicyclic amines) is 1. The summed E-state index contributed by atoms with van der Waals surface area (Å²) < 4.78 is 13.4. The Kier molecular flexibility index (Phi) is 4.88. The van der Waals surface area contributed by atoms with E-state index in [9.17, 15) is 4.39 Å². The van der Waals surface area contributed by atoms with Gasteiger partial charge in [0.2, 0.25) is 0 Å². The fourth-order valence-electron chi connectivity index (χ4n) is 2.88. The van der Waals surface area contributed by atoms with E-state index in [1.807, 2.05) is 0 Å². The van der Waals surface area contributed by atoms with Crippen LogP contribution in [0.25, 0.3) is 0 Å². The zero-order valence-corrected chi connectivity index (χ0v) is 12.2. The molecule has 0 spiro atoms. The predicted molar refractivity (Wildman–Crippen MR) is 80.6 cm³/mol. The number of hydrogen-bond acceptors (Lipinski definition) is 2. The molecule has 1 heterocycles. The molecule has 0 radical (unpaired) electrons. The third-order valence-corrected chi connectivity index (χ3v) is 4.15. The average Bonchev–Trinajstić information content (AvgIpc) is 2.39. The Labute approximate surface area is 119 Å². The largest absolute Gasteiger partial charge is 0.389 e. The van der Waals surface area contributed by atoms with E-state index in [2.05, 4.69) is 11.8 Å². The first-order valence-electron chi connectivity index (χ1n) is 6.94. The molecule has 1 atom stereocenters. The lowest BCUT2D eigenvalue weighted by Crippen LogP contribution is -2.38. The molecule has 1 aliphatic rings.